The SMILES string of the molecule is CCc1ccc(OCCCCn2c(CCO)nc3cc(C)c(C)cc32)cc1. The molecule has 0 saturated carbocycles. The number of aliphatic hydroxyl groups excluding tert-OH is 1. The third-order valence-corrected chi connectivity index (χ3v) is 5.15. The first kappa shape index (κ1) is 19.4. The van der Waals surface area contributed by atoms with E-state index in [9.17, 15) is 5.11 Å². The maximum Gasteiger partial charge on any atom is 0.119 e. The average Bonchev–Trinajstić information content (AvgIpc) is 2.99. The Morgan fingerprint density at radius 2 is 1.78 bits per heavy atom. The summed E-state index contributed by atoms with van der Waals surface area (Å²) in [6.45, 7) is 8.14. The molecule has 27 heavy (non-hydrogen) atoms. The minimum Gasteiger partial charge on any atom is -0.494 e. The predicted octanol–water partition coefficient (Wildman–Crippen LogP) is 4.61. The van der Waals surface area contributed by atoms with E-state index in [0.717, 1.165) is 48.4 Å². The van der Waals surface area contributed by atoms with Crippen LogP contribution in [-0.4, -0.2) is 27.9 Å². The second-order valence-corrected chi connectivity index (χ2v) is 7.13. The van der Waals surface area contributed by atoms with Gasteiger partial charge in [0.05, 0.1) is 24.2 Å². The molecule has 0 atom stereocenters. The van der Waals surface area contributed by atoms with Gasteiger partial charge < -0.3 is 14.4 Å². The molecule has 0 saturated heterocycles. The molecule has 0 aliphatic carbocycles. The van der Waals surface area contributed by atoms with Crippen molar-refractivity contribution in [2.75, 3.05) is 13.2 Å². The topological polar surface area (TPSA) is 47.3 Å². The molecule has 0 fully saturated rings. The smallest absolute Gasteiger partial charge is 0.119 e. The van der Waals surface area contributed by atoms with Gasteiger partial charge in [-0.2, -0.15) is 0 Å². The number of rotatable bonds is 9. The molecule has 2 aromatic carbocycles. The van der Waals surface area contributed by atoms with Crippen LogP contribution in [0.1, 0.15) is 42.3 Å². The fraction of sp³-hybridized carbons (Fsp3) is 0.435. The monoisotopic (exact) mass is 366 g/mol. The summed E-state index contributed by atoms with van der Waals surface area (Å²) in [7, 11) is 0. The Morgan fingerprint density at radius 3 is 2.48 bits per heavy atom. The zero-order valence-electron chi connectivity index (χ0n) is 16.7. The van der Waals surface area contributed by atoms with Crippen molar-refractivity contribution in [1.82, 2.24) is 9.55 Å². The van der Waals surface area contributed by atoms with Gasteiger partial charge in [0.2, 0.25) is 0 Å². The standard InChI is InChI=1S/C23H30N2O2/c1-4-19-7-9-20(10-8-19)27-14-6-5-12-25-22-16-18(3)17(2)15-21(22)24-23(25)11-13-26/h7-10,15-16,26H,4-6,11-14H2,1-3H3. The third kappa shape index (κ3) is 4.69. The minimum atomic E-state index is 0.123. The van der Waals surface area contributed by atoms with Gasteiger partial charge in [0.1, 0.15) is 11.6 Å². The van der Waals surface area contributed by atoms with Crippen LogP contribution in [0.2, 0.25) is 0 Å². The minimum absolute atomic E-state index is 0.123. The van der Waals surface area contributed by atoms with Crippen molar-refractivity contribution in [1.29, 1.82) is 0 Å². The van der Waals surface area contributed by atoms with Crippen LogP contribution >= 0.6 is 0 Å². The summed E-state index contributed by atoms with van der Waals surface area (Å²) in [5.74, 6) is 1.90. The fourth-order valence-electron chi connectivity index (χ4n) is 3.35. The van der Waals surface area contributed by atoms with E-state index >= 15 is 0 Å². The van der Waals surface area contributed by atoms with Gasteiger partial charge in [0.25, 0.3) is 0 Å². The summed E-state index contributed by atoms with van der Waals surface area (Å²) in [5.41, 5.74) is 6.05. The highest BCUT2D eigenvalue weighted by Crippen LogP contribution is 2.22. The molecule has 0 aliphatic rings. The number of aliphatic hydroxyl groups is 1. The first-order valence-electron chi connectivity index (χ1n) is 9.91. The maximum atomic E-state index is 9.38. The molecule has 1 aromatic heterocycles. The molecule has 0 radical (unpaired) electrons. The van der Waals surface area contributed by atoms with Crippen molar-refractivity contribution >= 4 is 11.0 Å². The molecule has 144 valence electrons. The Balaban J connectivity index is 1.60. The van der Waals surface area contributed by atoms with Crippen LogP contribution < -0.4 is 4.74 Å². The van der Waals surface area contributed by atoms with Gasteiger partial charge in [0, 0.05) is 13.0 Å². The highest BCUT2D eigenvalue weighted by molar-refractivity contribution is 5.78. The Hall–Kier alpha value is -2.33. The number of nitrogens with zero attached hydrogens (tertiary/aromatic N) is 2. The Kier molecular flexibility index (Phi) is 6.51. The molecule has 4 nitrogen and oxygen atoms in total. The van der Waals surface area contributed by atoms with Crippen molar-refractivity contribution in [2.45, 2.75) is 53.0 Å². The van der Waals surface area contributed by atoms with Crippen LogP contribution in [0.25, 0.3) is 11.0 Å². The van der Waals surface area contributed by atoms with E-state index in [2.05, 4.69) is 49.6 Å². The number of aryl methyl sites for hydroxylation is 4. The summed E-state index contributed by atoms with van der Waals surface area (Å²) in [4.78, 5) is 4.74. The lowest BCUT2D eigenvalue weighted by atomic mass is 10.1. The van der Waals surface area contributed by atoms with E-state index in [0.29, 0.717) is 13.0 Å². The zero-order chi connectivity index (χ0) is 19.2. The van der Waals surface area contributed by atoms with Crippen LogP contribution in [0, 0.1) is 13.8 Å². The number of unbranched alkanes of at least 4 members (excludes halogenated alkanes) is 1. The summed E-state index contributed by atoms with van der Waals surface area (Å²) >= 11 is 0. The average molecular weight is 367 g/mol. The van der Waals surface area contributed by atoms with Crippen LogP contribution in [0.3, 0.4) is 0 Å². The highest BCUT2D eigenvalue weighted by atomic mass is 16.5. The molecule has 3 aromatic rings. The van der Waals surface area contributed by atoms with Crippen LogP contribution in [0.5, 0.6) is 5.75 Å². The van der Waals surface area contributed by atoms with Crippen LogP contribution in [0.4, 0.5) is 0 Å². The Labute approximate surface area is 161 Å². The number of fused-ring (bicyclic) bond motifs is 1. The van der Waals surface area contributed by atoms with Gasteiger partial charge in [-0.1, -0.05) is 19.1 Å². The Morgan fingerprint density at radius 1 is 1.04 bits per heavy atom. The molecule has 0 amide bonds. The van der Waals surface area contributed by atoms with Gasteiger partial charge in [-0.05, 0) is 74.1 Å². The van der Waals surface area contributed by atoms with E-state index < -0.39 is 0 Å². The molecule has 3 rings (SSSR count). The van der Waals surface area contributed by atoms with E-state index in [1.54, 1.807) is 0 Å². The van der Waals surface area contributed by atoms with Crippen molar-refractivity contribution in [2.24, 2.45) is 0 Å². The molecule has 1 N–H and O–H groups in total. The number of hydrogen-bond acceptors (Lipinski definition) is 3. The summed E-state index contributed by atoms with van der Waals surface area (Å²) in [5, 5.41) is 9.38. The lowest BCUT2D eigenvalue weighted by Gasteiger charge is -2.10. The van der Waals surface area contributed by atoms with E-state index in [4.69, 9.17) is 9.72 Å². The fourth-order valence-corrected chi connectivity index (χ4v) is 3.35. The highest BCUT2D eigenvalue weighted by Gasteiger charge is 2.11. The molecular weight excluding hydrogens is 336 g/mol. The van der Waals surface area contributed by atoms with Gasteiger partial charge in [-0.25, -0.2) is 4.98 Å². The normalized spacial score (nSPS) is 11.3. The Bertz CT molecular complexity index is 882. The molecular formula is C23H30N2O2. The van der Waals surface area contributed by atoms with E-state index in [1.165, 1.54) is 16.7 Å². The summed E-state index contributed by atoms with van der Waals surface area (Å²) in [6.07, 6.45) is 3.64. The van der Waals surface area contributed by atoms with Crippen molar-refractivity contribution < 1.29 is 9.84 Å². The van der Waals surface area contributed by atoms with Crippen LogP contribution in [0.15, 0.2) is 36.4 Å². The largest absolute Gasteiger partial charge is 0.494 e. The van der Waals surface area contributed by atoms with Crippen molar-refractivity contribution in [3.8, 4) is 5.75 Å². The quantitative estimate of drug-likeness (QED) is 0.563. The number of imidazole rings is 1. The zero-order valence-corrected chi connectivity index (χ0v) is 16.7. The lowest BCUT2D eigenvalue weighted by molar-refractivity contribution is 0.292. The molecule has 0 bridgehead atoms. The summed E-state index contributed by atoms with van der Waals surface area (Å²) in [6, 6.07) is 12.7. The molecule has 1 heterocycles. The second kappa shape index (κ2) is 9.05. The van der Waals surface area contributed by atoms with Gasteiger partial charge in [-0.3, -0.25) is 0 Å². The number of hydrogen-bond donors (Lipinski definition) is 1. The van der Waals surface area contributed by atoms with Gasteiger partial charge in [0.15, 0.2) is 0 Å². The van der Waals surface area contributed by atoms with E-state index in [1.807, 2.05) is 12.1 Å². The van der Waals surface area contributed by atoms with Gasteiger partial charge >= 0.3 is 0 Å². The van der Waals surface area contributed by atoms with Crippen LogP contribution in [-0.2, 0) is 19.4 Å². The van der Waals surface area contributed by atoms with Gasteiger partial charge in [-0.15, -0.1) is 0 Å². The third-order valence-electron chi connectivity index (χ3n) is 5.15. The van der Waals surface area contributed by atoms with Crippen molar-refractivity contribution in [3.63, 3.8) is 0 Å². The molecule has 0 aliphatic heterocycles. The molecule has 0 spiro atoms. The number of benzene rings is 2. The first-order chi connectivity index (χ1) is 13.1. The lowest BCUT2D eigenvalue weighted by Crippen LogP contribution is -2.07. The number of aromatic nitrogens is 2. The first-order valence-corrected chi connectivity index (χ1v) is 9.91. The molecule has 4 heteroatoms. The van der Waals surface area contributed by atoms with E-state index in [-0.39, 0.29) is 6.61 Å². The second-order valence-electron chi connectivity index (χ2n) is 7.13. The maximum absolute atomic E-state index is 9.38. The summed E-state index contributed by atoms with van der Waals surface area (Å²) < 4.78 is 8.12. The number of ether oxygens (including phenoxy) is 1. The van der Waals surface area contributed by atoms with Crippen molar-refractivity contribution in [3.05, 3.63) is 58.9 Å². The molecule has 0 unspecified atom stereocenters. The predicted molar refractivity (Wildman–Crippen MR) is 111 cm³/mol.